The topological polar surface area (TPSA) is 42.9 Å². The minimum Gasteiger partial charge on any atom is -0.288 e. The largest absolute Gasteiger partial charge is 0.288 e. The summed E-state index contributed by atoms with van der Waals surface area (Å²) in [5.41, 5.74) is 2.55. The number of rotatable bonds is 3. The summed E-state index contributed by atoms with van der Waals surface area (Å²) in [6, 6.07) is 7.76. The quantitative estimate of drug-likeness (QED) is 0.803. The Hall–Kier alpha value is -1.55. The molecule has 0 aliphatic heterocycles. The number of carbonyl (C=O) groups is 1. The Balaban J connectivity index is 2.36. The lowest BCUT2D eigenvalue weighted by molar-refractivity contribution is 0.104. The van der Waals surface area contributed by atoms with Crippen LogP contribution in [0.2, 0.25) is 0 Å². The minimum atomic E-state index is -0.165. The third-order valence-corrected chi connectivity index (χ3v) is 3.75. The number of hydrogen-bond acceptors (Lipinski definition) is 4. The number of hydrogen-bond donors (Lipinski definition) is 0. The number of aryl methyl sites for hydroxylation is 1. The second-order valence-electron chi connectivity index (χ2n) is 5.58. The lowest BCUT2D eigenvalue weighted by Gasteiger charge is -2.15. The van der Waals surface area contributed by atoms with E-state index in [2.05, 4.69) is 16.5 Å². The Morgan fingerprint density at radius 1 is 1.21 bits per heavy atom. The molecule has 2 aromatic rings. The summed E-state index contributed by atoms with van der Waals surface area (Å²) in [6.45, 7) is 8.23. The molecule has 0 aliphatic carbocycles. The fourth-order valence-corrected chi connectivity index (χ4v) is 2.69. The lowest BCUT2D eigenvalue weighted by Crippen LogP contribution is -2.16. The van der Waals surface area contributed by atoms with E-state index >= 15 is 0 Å². The molecule has 0 aliphatic rings. The van der Waals surface area contributed by atoms with Crippen molar-refractivity contribution in [2.24, 2.45) is 0 Å². The fourth-order valence-electron chi connectivity index (χ4n) is 1.85. The van der Waals surface area contributed by atoms with Gasteiger partial charge in [0.25, 0.3) is 0 Å². The summed E-state index contributed by atoms with van der Waals surface area (Å²) in [7, 11) is 0. The smallest absolute Gasteiger partial charge is 0.206 e. The Bertz CT molecular complexity index is 579. The van der Waals surface area contributed by atoms with Gasteiger partial charge >= 0.3 is 0 Å². The Labute approximate surface area is 117 Å². The van der Waals surface area contributed by atoms with E-state index in [4.69, 9.17) is 0 Å². The first-order chi connectivity index (χ1) is 8.93. The van der Waals surface area contributed by atoms with Gasteiger partial charge < -0.3 is 0 Å². The molecule has 0 N–H and O–H groups in total. The Morgan fingerprint density at radius 3 is 2.37 bits per heavy atom. The monoisotopic (exact) mass is 274 g/mol. The van der Waals surface area contributed by atoms with Crippen LogP contribution < -0.4 is 0 Å². The highest BCUT2D eigenvalue weighted by molar-refractivity contribution is 7.08. The van der Waals surface area contributed by atoms with Crippen LogP contribution in [0.4, 0.5) is 0 Å². The highest BCUT2D eigenvalue weighted by atomic mass is 32.1. The molecule has 0 radical (unpaired) electrons. The average Bonchev–Trinajstić information content (AvgIpc) is 2.87. The summed E-state index contributed by atoms with van der Waals surface area (Å²) in [4.78, 5) is 13.2. The molecule has 0 atom stereocenters. The first kappa shape index (κ1) is 13.9. The van der Waals surface area contributed by atoms with Gasteiger partial charge in [0, 0.05) is 11.0 Å². The summed E-state index contributed by atoms with van der Waals surface area (Å²) >= 11 is 1.18. The highest BCUT2D eigenvalue weighted by Crippen LogP contribution is 2.27. The van der Waals surface area contributed by atoms with Crippen LogP contribution in [0.3, 0.4) is 0 Å². The van der Waals surface area contributed by atoms with E-state index in [-0.39, 0.29) is 11.2 Å². The molecule has 0 unspecified atom stereocenters. The van der Waals surface area contributed by atoms with E-state index in [1.165, 1.54) is 17.1 Å². The molecule has 3 nitrogen and oxygen atoms in total. The number of carbonyl (C=O) groups excluding carboxylic acids is 1. The molecule has 1 heterocycles. The van der Waals surface area contributed by atoms with Crippen molar-refractivity contribution < 1.29 is 4.79 Å². The standard InChI is InChI=1S/C15H18N2OS/c1-5-10-6-8-11(9-7-10)12(18)13-14(15(2,3)4)16-17-19-13/h6-9H,5H2,1-4H3. The van der Waals surface area contributed by atoms with Gasteiger partial charge in [-0.25, -0.2) is 0 Å². The first-order valence-electron chi connectivity index (χ1n) is 6.40. The molecule has 4 heteroatoms. The van der Waals surface area contributed by atoms with Gasteiger partial charge in [-0.3, -0.25) is 4.79 Å². The molecule has 0 bridgehead atoms. The van der Waals surface area contributed by atoms with Crippen molar-refractivity contribution in [1.82, 2.24) is 9.59 Å². The molecule has 1 aromatic heterocycles. The maximum atomic E-state index is 12.5. The van der Waals surface area contributed by atoms with Gasteiger partial charge in [0.05, 0.1) is 5.69 Å². The molecule has 0 fully saturated rings. The maximum absolute atomic E-state index is 12.5. The third-order valence-electron chi connectivity index (χ3n) is 3.03. The molecule has 2 rings (SSSR count). The Kier molecular flexibility index (Phi) is 3.80. The van der Waals surface area contributed by atoms with Crippen LogP contribution in [0, 0.1) is 0 Å². The first-order valence-corrected chi connectivity index (χ1v) is 7.17. The normalized spacial score (nSPS) is 11.6. The summed E-state index contributed by atoms with van der Waals surface area (Å²) < 4.78 is 3.94. The second-order valence-corrected chi connectivity index (χ2v) is 6.33. The van der Waals surface area contributed by atoms with E-state index in [1.807, 2.05) is 45.0 Å². The average molecular weight is 274 g/mol. The highest BCUT2D eigenvalue weighted by Gasteiger charge is 2.26. The van der Waals surface area contributed by atoms with Gasteiger partial charge in [-0.2, -0.15) is 0 Å². The third kappa shape index (κ3) is 2.89. The van der Waals surface area contributed by atoms with Gasteiger partial charge in [-0.1, -0.05) is 56.4 Å². The molecular weight excluding hydrogens is 256 g/mol. The summed E-state index contributed by atoms with van der Waals surface area (Å²) in [6.07, 6.45) is 0.976. The molecule has 0 spiro atoms. The van der Waals surface area contributed by atoms with E-state index < -0.39 is 0 Å². The molecular formula is C15H18N2OS. The molecule has 0 amide bonds. The van der Waals surface area contributed by atoms with Crippen LogP contribution in [0.1, 0.15) is 54.2 Å². The molecule has 0 saturated heterocycles. The van der Waals surface area contributed by atoms with Gasteiger partial charge in [0.1, 0.15) is 4.88 Å². The maximum Gasteiger partial charge on any atom is 0.206 e. The van der Waals surface area contributed by atoms with Crippen molar-refractivity contribution >= 4 is 17.3 Å². The zero-order valence-corrected chi connectivity index (χ0v) is 12.5. The van der Waals surface area contributed by atoms with Crippen LogP contribution in [0.25, 0.3) is 0 Å². The van der Waals surface area contributed by atoms with Gasteiger partial charge in [0.15, 0.2) is 0 Å². The minimum absolute atomic E-state index is 0.0163. The van der Waals surface area contributed by atoms with Crippen molar-refractivity contribution in [1.29, 1.82) is 0 Å². The predicted octanol–water partition coefficient (Wildman–Crippen LogP) is 3.63. The van der Waals surface area contributed by atoms with Gasteiger partial charge in [-0.05, 0) is 23.5 Å². The molecule has 19 heavy (non-hydrogen) atoms. The van der Waals surface area contributed by atoms with Crippen molar-refractivity contribution in [2.75, 3.05) is 0 Å². The second kappa shape index (κ2) is 5.21. The SMILES string of the molecule is CCc1ccc(C(=O)c2snnc2C(C)(C)C)cc1. The fraction of sp³-hybridized carbons (Fsp3) is 0.400. The van der Waals surface area contributed by atoms with E-state index in [9.17, 15) is 4.79 Å². The van der Waals surface area contributed by atoms with Crippen LogP contribution in [-0.2, 0) is 11.8 Å². The number of nitrogens with zero attached hydrogens (tertiary/aromatic N) is 2. The molecule has 1 aromatic carbocycles. The van der Waals surface area contributed by atoms with Crippen molar-refractivity contribution in [3.05, 3.63) is 46.0 Å². The van der Waals surface area contributed by atoms with Crippen molar-refractivity contribution in [3.8, 4) is 0 Å². The van der Waals surface area contributed by atoms with E-state index in [0.717, 1.165) is 12.1 Å². The van der Waals surface area contributed by atoms with Gasteiger partial charge in [-0.15, -0.1) is 5.10 Å². The van der Waals surface area contributed by atoms with Crippen LogP contribution in [0.5, 0.6) is 0 Å². The predicted molar refractivity (Wildman–Crippen MR) is 77.9 cm³/mol. The van der Waals surface area contributed by atoms with Crippen LogP contribution in [0.15, 0.2) is 24.3 Å². The summed E-state index contributed by atoms with van der Waals surface area (Å²) in [5, 5.41) is 4.12. The number of benzene rings is 1. The zero-order chi connectivity index (χ0) is 14.0. The molecule has 0 saturated carbocycles. The molecule has 100 valence electrons. The van der Waals surface area contributed by atoms with Crippen molar-refractivity contribution in [3.63, 3.8) is 0 Å². The summed E-state index contributed by atoms with van der Waals surface area (Å²) in [5.74, 6) is 0.0163. The van der Waals surface area contributed by atoms with Gasteiger partial charge in [0.2, 0.25) is 5.78 Å². The van der Waals surface area contributed by atoms with Crippen LogP contribution >= 0.6 is 11.5 Å². The lowest BCUT2D eigenvalue weighted by atomic mass is 9.90. The Morgan fingerprint density at radius 2 is 1.84 bits per heavy atom. The number of ketones is 1. The van der Waals surface area contributed by atoms with E-state index in [1.54, 1.807) is 0 Å². The number of aromatic nitrogens is 2. The van der Waals surface area contributed by atoms with Crippen molar-refractivity contribution in [2.45, 2.75) is 39.5 Å². The van der Waals surface area contributed by atoms with E-state index in [0.29, 0.717) is 10.4 Å². The zero-order valence-electron chi connectivity index (χ0n) is 11.7. The van der Waals surface area contributed by atoms with Crippen LogP contribution in [-0.4, -0.2) is 15.4 Å².